The van der Waals surface area contributed by atoms with E-state index in [2.05, 4.69) is 68.8 Å². The fraction of sp³-hybridized carbons (Fsp3) is 0. The summed E-state index contributed by atoms with van der Waals surface area (Å²) in [4.78, 5) is 4.40. The summed E-state index contributed by atoms with van der Waals surface area (Å²) in [5.74, 6) is 0.801. The molecule has 0 bridgehead atoms. The van der Waals surface area contributed by atoms with E-state index in [1.807, 2.05) is 35.2 Å². The first kappa shape index (κ1) is 16.5. The van der Waals surface area contributed by atoms with Crippen LogP contribution in [0.4, 0.5) is 0 Å². The monoisotopic (exact) mass is 354 g/mol. The number of nitrogens with one attached hydrogen (secondary N) is 1. The molecule has 27 heavy (non-hydrogen) atoms. The van der Waals surface area contributed by atoms with Crippen molar-refractivity contribution in [2.24, 2.45) is 0 Å². The number of nitrogens with zero attached hydrogens (tertiary/aromatic N) is 5. The van der Waals surface area contributed by atoms with Crippen molar-refractivity contribution in [2.45, 2.75) is 0 Å². The van der Waals surface area contributed by atoms with Crippen LogP contribution in [0.5, 0.6) is 0 Å². The van der Waals surface area contributed by atoms with Crippen molar-refractivity contribution in [2.75, 3.05) is 0 Å². The molecule has 0 fully saturated rings. The van der Waals surface area contributed by atoms with Gasteiger partial charge >= 0.3 is 0 Å². The van der Waals surface area contributed by atoms with Gasteiger partial charge in [-0.3, -0.25) is 5.10 Å². The van der Waals surface area contributed by atoms with Crippen LogP contribution in [0, 0.1) is 0 Å². The van der Waals surface area contributed by atoms with E-state index in [4.69, 9.17) is 0 Å². The highest BCUT2D eigenvalue weighted by molar-refractivity contribution is 5.65. The van der Waals surface area contributed by atoms with Gasteiger partial charge in [0.25, 0.3) is 0 Å². The summed E-state index contributed by atoms with van der Waals surface area (Å²) in [6.45, 7) is 0. The number of H-pyrrole nitrogens is 1. The summed E-state index contributed by atoms with van der Waals surface area (Å²) in [6.07, 6.45) is 10.9. The Morgan fingerprint density at radius 1 is 0.815 bits per heavy atom. The molecule has 0 spiro atoms. The first-order valence-corrected chi connectivity index (χ1v) is 8.54. The van der Waals surface area contributed by atoms with Crippen LogP contribution in [0.25, 0.3) is 22.6 Å². The molecule has 3 aromatic heterocycles. The Bertz CT molecular complexity index is 1050. The molecule has 0 atom stereocenters. The Kier molecular flexibility index (Phi) is 4.88. The number of aromatic nitrogens is 6. The summed E-state index contributed by atoms with van der Waals surface area (Å²) in [5, 5.41) is 10.4. The van der Waals surface area contributed by atoms with Crippen LogP contribution >= 0.6 is 0 Å². The maximum Gasteiger partial charge on any atom is 0.171 e. The first-order chi connectivity index (χ1) is 13.4. The van der Waals surface area contributed by atoms with E-state index in [9.17, 15) is 0 Å². The van der Waals surface area contributed by atoms with Gasteiger partial charge in [-0.1, -0.05) is 42.5 Å². The summed E-state index contributed by atoms with van der Waals surface area (Å²) in [5.41, 5.74) is 3.47. The summed E-state index contributed by atoms with van der Waals surface area (Å²) < 4.78 is 3.75. The van der Waals surface area contributed by atoms with E-state index < -0.39 is 0 Å². The molecule has 0 aliphatic carbocycles. The highest BCUT2D eigenvalue weighted by atomic mass is 15.3. The van der Waals surface area contributed by atoms with Crippen molar-refractivity contribution in [3.05, 3.63) is 104 Å². The Labute approximate surface area is 156 Å². The van der Waals surface area contributed by atoms with Gasteiger partial charge in [0.2, 0.25) is 0 Å². The number of hydrogen-bond acceptors (Lipinski definition) is 3. The van der Waals surface area contributed by atoms with Gasteiger partial charge in [0, 0.05) is 30.5 Å². The van der Waals surface area contributed by atoms with Crippen LogP contribution in [0.1, 0.15) is 0 Å². The lowest BCUT2D eigenvalue weighted by Gasteiger charge is -2.06. The number of imidazole rings is 1. The van der Waals surface area contributed by atoms with Gasteiger partial charge in [0.1, 0.15) is 6.33 Å². The Hall–Kier alpha value is -3.93. The van der Waals surface area contributed by atoms with Gasteiger partial charge in [-0.2, -0.15) is 10.2 Å². The minimum Gasteiger partial charge on any atom is -0.304 e. The quantitative estimate of drug-likeness (QED) is 0.530. The van der Waals surface area contributed by atoms with Crippen LogP contribution in [0.15, 0.2) is 104 Å². The van der Waals surface area contributed by atoms with E-state index in [1.54, 1.807) is 29.6 Å². The van der Waals surface area contributed by atoms with Gasteiger partial charge in [0.15, 0.2) is 5.82 Å². The lowest BCUT2D eigenvalue weighted by atomic mass is 10.1. The third-order valence-electron chi connectivity index (χ3n) is 3.97. The second-order valence-corrected chi connectivity index (χ2v) is 5.77. The zero-order valence-corrected chi connectivity index (χ0v) is 14.6. The van der Waals surface area contributed by atoms with Gasteiger partial charge in [-0.25, -0.2) is 9.67 Å². The number of rotatable bonds is 3. The average Bonchev–Trinajstić information content (AvgIpc) is 3.52. The molecule has 132 valence electrons. The summed E-state index contributed by atoms with van der Waals surface area (Å²) in [6, 6.07) is 22.5. The maximum absolute atomic E-state index is 4.40. The molecule has 5 rings (SSSR count). The molecular formula is C21H18N6. The number of aromatic amines is 1. The van der Waals surface area contributed by atoms with Crippen molar-refractivity contribution in [1.82, 2.24) is 29.5 Å². The van der Waals surface area contributed by atoms with Gasteiger partial charge < -0.3 is 4.57 Å². The van der Waals surface area contributed by atoms with E-state index in [0.717, 1.165) is 11.5 Å². The molecule has 1 N–H and O–H groups in total. The molecule has 2 aromatic carbocycles. The van der Waals surface area contributed by atoms with Gasteiger partial charge in [-0.05, 0) is 35.4 Å². The van der Waals surface area contributed by atoms with Crippen LogP contribution in [0.3, 0.4) is 0 Å². The molecule has 0 unspecified atom stereocenters. The lowest BCUT2D eigenvalue weighted by Crippen LogP contribution is -1.94. The molecule has 3 heterocycles. The van der Waals surface area contributed by atoms with Crippen molar-refractivity contribution in [1.29, 1.82) is 0 Å². The number of hydrogen-bond donors (Lipinski definition) is 1. The maximum atomic E-state index is 4.40. The van der Waals surface area contributed by atoms with E-state index in [0.29, 0.717) is 0 Å². The van der Waals surface area contributed by atoms with Gasteiger partial charge in [-0.15, -0.1) is 0 Å². The molecule has 0 saturated carbocycles. The highest BCUT2D eigenvalue weighted by Gasteiger charge is 2.04. The lowest BCUT2D eigenvalue weighted by molar-refractivity contribution is 0.854. The SMILES string of the molecule is c1ccc(-c2cccc(-n3cnc(-n4cccn4)c3)c2)cc1.c1cn[nH]c1. The topological polar surface area (TPSA) is 64.3 Å². The fourth-order valence-electron chi connectivity index (χ4n) is 2.67. The predicted octanol–water partition coefficient (Wildman–Crippen LogP) is 4.13. The third-order valence-corrected chi connectivity index (χ3v) is 3.97. The van der Waals surface area contributed by atoms with Crippen LogP contribution in [-0.2, 0) is 0 Å². The Balaban J connectivity index is 0.000000314. The Morgan fingerprint density at radius 2 is 1.70 bits per heavy atom. The third kappa shape index (κ3) is 4.01. The predicted molar refractivity (Wildman–Crippen MR) is 105 cm³/mol. The van der Waals surface area contributed by atoms with Crippen molar-refractivity contribution in [3.8, 4) is 22.6 Å². The van der Waals surface area contributed by atoms with Crippen molar-refractivity contribution < 1.29 is 0 Å². The summed E-state index contributed by atoms with van der Waals surface area (Å²) in [7, 11) is 0. The second kappa shape index (κ2) is 7.97. The summed E-state index contributed by atoms with van der Waals surface area (Å²) >= 11 is 0. The Morgan fingerprint density at radius 3 is 2.41 bits per heavy atom. The molecule has 6 nitrogen and oxygen atoms in total. The molecule has 5 aromatic rings. The fourth-order valence-corrected chi connectivity index (χ4v) is 2.67. The zero-order chi connectivity index (χ0) is 18.3. The molecular weight excluding hydrogens is 336 g/mol. The van der Waals surface area contributed by atoms with Crippen molar-refractivity contribution in [3.63, 3.8) is 0 Å². The highest BCUT2D eigenvalue weighted by Crippen LogP contribution is 2.22. The van der Waals surface area contributed by atoms with Gasteiger partial charge in [0.05, 0.1) is 6.20 Å². The van der Waals surface area contributed by atoms with E-state index >= 15 is 0 Å². The first-order valence-electron chi connectivity index (χ1n) is 8.54. The minimum atomic E-state index is 0.801. The standard InChI is InChI=1S/C18H14N4.C3H4N2/c1-2-6-15(7-3-1)16-8-4-9-17(12-16)21-13-18(19-14-21)22-11-5-10-20-22;1-2-4-5-3-1/h1-14H;1-3H,(H,4,5). The molecule has 0 aliphatic heterocycles. The van der Waals surface area contributed by atoms with E-state index in [1.165, 1.54) is 11.1 Å². The van der Waals surface area contributed by atoms with Crippen LogP contribution < -0.4 is 0 Å². The minimum absolute atomic E-state index is 0.801. The molecule has 0 aliphatic rings. The second-order valence-electron chi connectivity index (χ2n) is 5.77. The van der Waals surface area contributed by atoms with Crippen molar-refractivity contribution >= 4 is 0 Å². The normalized spacial score (nSPS) is 10.2. The average molecular weight is 354 g/mol. The van der Waals surface area contributed by atoms with Crippen LogP contribution in [-0.4, -0.2) is 29.5 Å². The molecule has 6 heteroatoms. The molecule has 0 saturated heterocycles. The largest absolute Gasteiger partial charge is 0.304 e. The molecule has 0 amide bonds. The molecule has 0 radical (unpaired) electrons. The van der Waals surface area contributed by atoms with E-state index in [-0.39, 0.29) is 0 Å². The number of benzene rings is 2. The zero-order valence-electron chi connectivity index (χ0n) is 14.6. The smallest absolute Gasteiger partial charge is 0.171 e. The van der Waals surface area contributed by atoms with Crippen LogP contribution in [0.2, 0.25) is 0 Å².